The Bertz CT molecular complexity index is 1220. The molecule has 1 saturated heterocycles. The molecule has 3 heterocycles. The highest BCUT2D eigenvalue weighted by Crippen LogP contribution is 2.29. The number of hydrogen-bond donors (Lipinski definition) is 0. The van der Waals surface area contributed by atoms with Gasteiger partial charge in [0.2, 0.25) is 5.88 Å². The molecule has 1 atom stereocenters. The summed E-state index contributed by atoms with van der Waals surface area (Å²) in [6, 6.07) is 17.1. The normalized spacial score (nSPS) is 16.7. The Hall–Kier alpha value is -3.38. The zero-order valence-corrected chi connectivity index (χ0v) is 18.5. The van der Waals surface area contributed by atoms with E-state index < -0.39 is 0 Å². The number of nitrogens with zero attached hydrogens (tertiary/aromatic N) is 4. The lowest BCUT2D eigenvalue weighted by molar-refractivity contribution is 0.116. The van der Waals surface area contributed by atoms with Gasteiger partial charge in [-0.05, 0) is 78.9 Å². The second-order valence-corrected chi connectivity index (χ2v) is 8.53. The van der Waals surface area contributed by atoms with E-state index in [0.717, 1.165) is 41.5 Å². The smallest absolute Gasteiger partial charge is 0.224 e. The van der Waals surface area contributed by atoms with Gasteiger partial charge < -0.3 is 4.74 Å². The first kappa shape index (κ1) is 21.5. The number of piperidine rings is 1. The molecular formula is C27H27FN4O. The molecule has 1 fully saturated rings. The molecule has 2 aromatic heterocycles. The topological polar surface area (TPSA) is 51.1 Å². The van der Waals surface area contributed by atoms with Gasteiger partial charge in [-0.15, -0.1) is 0 Å². The van der Waals surface area contributed by atoms with E-state index >= 15 is 0 Å². The van der Waals surface area contributed by atoms with Crippen molar-refractivity contribution in [3.63, 3.8) is 0 Å². The Kier molecular flexibility index (Phi) is 6.53. The molecule has 0 bridgehead atoms. The molecule has 168 valence electrons. The number of pyridine rings is 1. The number of halogens is 1. The van der Waals surface area contributed by atoms with Crippen molar-refractivity contribution in [2.75, 3.05) is 13.2 Å². The van der Waals surface area contributed by atoms with Gasteiger partial charge in [-0.3, -0.25) is 9.88 Å². The van der Waals surface area contributed by atoms with E-state index in [1.54, 1.807) is 6.07 Å². The van der Waals surface area contributed by atoms with Gasteiger partial charge in [-0.2, -0.15) is 0 Å². The maximum absolute atomic E-state index is 13.7. The summed E-state index contributed by atoms with van der Waals surface area (Å²) < 4.78 is 19.9. The average Bonchev–Trinajstić information content (AvgIpc) is 2.85. The third kappa shape index (κ3) is 5.17. The van der Waals surface area contributed by atoms with E-state index in [1.807, 2.05) is 36.7 Å². The van der Waals surface area contributed by atoms with E-state index in [0.29, 0.717) is 18.5 Å². The van der Waals surface area contributed by atoms with Crippen molar-refractivity contribution in [2.24, 2.45) is 0 Å². The van der Waals surface area contributed by atoms with Crippen molar-refractivity contribution in [1.82, 2.24) is 19.9 Å². The van der Waals surface area contributed by atoms with Gasteiger partial charge in [0.1, 0.15) is 12.1 Å². The molecule has 4 aromatic rings. The molecule has 0 spiro atoms. The quantitative estimate of drug-likeness (QED) is 0.370. The summed E-state index contributed by atoms with van der Waals surface area (Å²) in [4.78, 5) is 15.5. The summed E-state index contributed by atoms with van der Waals surface area (Å²) in [6.45, 7) is 2.65. The van der Waals surface area contributed by atoms with Gasteiger partial charge in [0.15, 0.2) is 0 Å². The van der Waals surface area contributed by atoms with Crippen LogP contribution in [0.2, 0.25) is 0 Å². The van der Waals surface area contributed by atoms with Crippen LogP contribution in [-0.4, -0.2) is 39.0 Å². The number of likely N-dealkylation sites (tertiary alicyclic amines) is 1. The van der Waals surface area contributed by atoms with Crippen LogP contribution in [0.1, 0.15) is 31.2 Å². The SMILES string of the molecule is Fc1cccc(-c2ccc3ncnc(OCCC4CCCCN4Cc4ccncc4)c3c2)c1. The molecule has 0 saturated carbocycles. The van der Waals surface area contributed by atoms with Gasteiger partial charge in [0, 0.05) is 25.0 Å². The maximum atomic E-state index is 13.7. The number of fused-ring (bicyclic) bond motifs is 1. The van der Waals surface area contributed by atoms with E-state index in [-0.39, 0.29) is 5.82 Å². The molecule has 5 nitrogen and oxygen atoms in total. The van der Waals surface area contributed by atoms with Crippen molar-refractivity contribution in [3.8, 4) is 17.0 Å². The van der Waals surface area contributed by atoms with Crippen LogP contribution in [-0.2, 0) is 6.54 Å². The van der Waals surface area contributed by atoms with Crippen LogP contribution in [0, 0.1) is 5.82 Å². The van der Waals surface area contributed by atoms with E-state index in [9.17, 15) is 4.39 Å². The van der Waals surface area contributed by atoms with Crippen molar-refractivity contribution < 1.29 is 9.13 Å². The minimum atomic E-state index is -0.253. The van der Waals surface area contributed by atoms with Crippen molar-refractivity contribution in [2.45, 2.75) is 38.3 Å². The number of aromatic nitrogens is 3. The second kappa shape index (κ2) is 10.0. The molecule has 0 amide bonds. The van der Waals surface area contributed by atoms with Crippen LogP contribution < -0.4 is 4.74 Å². The van der Waals surface area contributed by atoms with Gasteiger partial charge in [0.05, 0.1) is 17.5 Å². The maximum Gasteiger partial charge on any atom is 0.224 e. The Morgan fingerprint density at radius 2 is 1.85 bits per heavy atom. The predicted octanol–water partition coefficient (Wildman–Crippen LogP) is 5.65. The summed E-state index contributed by atoms with van der Waals surface area (Å²) >= 11 is 0. The molecule has 5 rings (SSSR count). The summed E-state index contributed by atoms with van der Waals surface area (Å²) in [6.07, 6.45) is 9.87. The summed E-state index contributed by atoms with van der Waals surface area (Å²) in [5.41, 5.74) is 3.85. The first-order chi connectivity index (χ1) is 16.3. The van der Waals surface area contributed by atoms with Crippen molar-refractivity contribution in [3.05, 3.63) is 84.7 Å². The number of ether oxygens (including phenoxy) is 1. The Balaban J connectivity index is 1.29. The van der Waals surface area contributed by atoms with Crippen LogP contribution in [0.4, 0.5) is 4.39 Å². The Morgan fingerprint density at radius 3 is 2.73 bits per heavy atom. The number of hydrogen-bond acceptors (Lipinski definition) is 5. The largest absolute Gasteiger partial charge is 0.477 e. The van der Waals surface area contributed by atoms with E-state index in [4.69, 9.17) is 4.74 Å². The highest BCUT2D eigenvalue weighted by Gasteiger charge is 2.22. The zero-order chi connectivity index (χ0) is 22.5. The highest BCUT2D eigenvalue weighted by atomic mass is 19.1. The minimum absolute atomic E-state index is 0.253. The van der Waals surface area contributed by atoms with Crippen LogP contribution in [0.3, 0.4) is 0 Å². The third-order valence-corrected chi connectivity index (χ3v) is 6.33. The fourth-order valence-electron chi connectivity index (χ4n) is 4.61. The molecule has 2 aromatic carbocycles. The second-order valence-electron chi connectivity index (χ2n) is 8.53. The molecule has 0 aliphatic carbocycles. The lowest BCUT2D eigenvalue weighted by atomic mass is 9.99. The van der Waals surface area contributed by atoms with Gasteiger partial charge in [0.25, 0.3) is 0 Å². The third-order valence-electron chi connectivity index (χ3n) is 6.33. The van der Waals surface area contributed by atoms with Gasteiger partial charge in [-0.25, -0.2) is 14.4 Å². The average molecular weight is 443 g/mol. The Labute approximate surface area is 193 Å². The van der Waals surface area contributed by atoms with Crippen LogP contribution in [0.15, 0.2) is 73.3 Å². The monoisotopic (exact) mass is 442 g/mol. The minimum Gasteiger partial charge on any atom is -0.477 e. The van der Waals surface area contributed by atoms with Gasteiger partial charge >= 0.3 is 0 Å². The first-order valence-corrected chi connectivity index (χ1v) is 11.5. The van der Waals surface area contributed by atoms with Crippen LogP contribution >= 0.6 is 0 Å². The fraction of sp³-hybridized carbons (Fsp3) is 0.296. The summed E-state index contributed by atoms with van der Waals surface area (Å²) in [5.74, 6) is 0.326. The molecule has 33 heavy (non-hydrogen) atoms. The standard InChI is InChI=1S/C27H27FN4O/c28-23-5-3-4-21(16-23)22-7-8-26-25(17-22)27(31-19-30-26)33-15-11-24-6-1-2-14-32(24)18-20-9-12-29-13-10-20/h3-5,7-10,12-13,16-17,19,24H,1-2,6,11,14-15,18H2. The number of rotatable bonds is 7. The van der Waals surface area contributed by atoms with Crippen LogP contribution in [0.25, 0.3) is 22.0 Å². The molecule has 1 aliphatic rings. The number of benzene rings is 2. The van der Waals surface area contributed by atoms with Crippen LogP contribution in [0.5, 0.6) is 5.88 Å². The van der Waals surface area contributed by atoms with Crippen molar-refractivity contribution >= 4 is 10.9 Å². The summed E-state index contributed by atoms with van der Waals surface area (Å²) in [7, 11) is 0. The molecule has 0 N–H and O–H groups in total. The van der Waals surface area contributed by atoms with E-state index in [1.165, 1.54) is 43.3 Å². The highest BCUT2D eigenvalue weighted by molar-refractivity contribution is 5.88. The van der Waals surface area contributed by atoms with E-state index in [2.05, 4.69) is 32.0 Å². The summed E-state index contributed by atoms with van der Waals surface area (Å²) in [5, 5.41) is 0.844. The Morgan fingerprint density at radius 1 is 0.970 bits per heavy atom. The predicted molar refractivity (Wildman–Crippen MR) is 127 cm³/mol. The fourth-order valence-corrected chi connectivity index (χ4v) is 4.61. The first-order valence-electron chi connectivity index (χ1n) is 11.5. The molecule has 1 unspecified atom stereocenters. The molecule has 0 radical (unpaired) electrons. The molecule has 6 heteroatoms. The van der Waals surface area contributed by atoms with Crippen molar-refractivity contribution in [1.29, 1.82) is 0 Å². The lowest BCUT2D eigenvalue weighted by Gasteiger charge is -2.35. The molecular weight excluding hydrogens is 415 g/mol. The zero-order valence-electron chi connectivity index (χ0n) is 18.5. The lowest BCUT2D eigenvalue weighted by Crippen LogP contribution is -2.39. The molecule has 1 aliphatic heterocycles. The van der Waals surface area contributed by atoms with Gasteiger partial charge in [-0.1, -0.05) is 24.6 Å².